The van der Waals surface area contributed by atoms with Gasteiger partial charge in [-0.2, -0.15) is 0 Å². The maximum atomic E-state index is 4.41. The minimum Gasteiger partial charge on any atom is -0.312 e. The molecule has 0 bridgehead atoms. The van der Waals surface area contributed by atoms with Gasteiger partial charge in [0.25, 0.3) is 0 Å². The molecule has 2 aromatic rings. The molecule has 2 atom stereocenters. The zero-order chi connectivity index (χ0) is 14.5. The van der Waals surface area contributed by atoms with Gasteiger partial charge in [0.2, 0.25) is 5.16 Å². The second-order valence-corrected chi connectivity index (χ2v) is 6.35. The first-order valence-electron chi connectivity index (χ1n) is 6.89. The Balaban J connectivity index is 2.22. The number of benzene rings is 1. The third kappa shape index (κ3) is 3.61. The first kappa shape index (κ1) is 15.1. The fourth-order valence-corrected chi connectivity index (χ4v) is 3.50. The maximum absolute atomic E-state index is 4.41. The van der Waals surface area contributed by atoms with Gasteiger partial charge in [-0.1, -0.05) is 55.9 Å². The van der Waals surface area contributed by atoms with E-state index < -0.39 is 0 Å². The van der Waals surface area contributed by atoms with E-state index in [4.69, 9.17) is 0 Å². The standard InChI is InChI=1S/C15H22N4S/c1-10(2)14(20-15-17-11(3)18-19-15)13(16-4)12-8-6-5-7-9-12/h5-10,13-14,16H,1-4H3,(H,17,18,19). The van der Waals surface area contributed by atoms with Crippen molar-refractivity contribution < 1.29 is 0 Å². The predicted molar refractivity (Wildman–Crippen MR) is 83.8 cm³/mol. The molecule has 2 unspecified atom stereocenters. The Morgan fingerprint density at radius 3 is 2.40 bits per heavy atom. The summed E-state index contributed by atoms with van der Waals surface area (Å²) in [5, 5.41) is 11.8. The van der Waals surface area contributed by atoms with Gasteiger partial charge in [0.15, 0.2) is 0 Å². The van der Waals surface area contributed by atoms with Gasteiger partial charge in [-0.3, -0.25) is 5.10 Å². The molecule has 0 spiro atoms. The van der Waals surface area contributed by atoms with Gasteiger partial charge in [-0.25, -0.2) is 4.98 Å². The van der Waals surface area contributed by atoms with Gasteiger partial charge < -0.3 is 5.32 Å². The van der Waals surface area contributed by atoms with Crippen molar-refractivity contribution in [3.63, 3.8) is 0 Å². The Kier molecular flexibility index (Phi) is 5.20. The molecule has 2 N–H and O–H groups in total. The molecule has 0 saturated carbocycles. The lowest BCUT2D eigenvalue weighted by molar-refractivity contribution is 0.472. The molecule has 0 aliphatic rings. The molecule has 2 rings (SSSR count). The van der Waals surface area contributed by atoms with Crippen molar-refractivity contribution in [2.75, 3.05) is 7.05 Å². The van der Waals surface area contributed by atoms with Crippen molar-refractivity contribution in [3.05, 3.63) is 41.7 Å². The molecule has 108 valence electrons. The largest absolute Gasteiger partial charge is 0.312 e. The van der Waals surface area contributed by atoms with E-state index in [-0.39, 0.29) is 6.04 Å². The van der Waals surface area contributed by atoms with Crippen LogP contribution in [0.3, 0.4) is 0 Å². The fraction of sp³-hybridized carbons (Fsp3) is 0.467. The first-order chi connectivity index (χ1) is 9.61. The van der Waals surface area contributed by atoms with Crippen molar-refractivity contribution in [2.45, 2.75) is 37.2 Å². The Labute approximate surface area is 124 Å². The maximum Gasteiger partial charge on any atom is 0.208 e. The van der Waals surface area contributed by atoms with E-state index >= 15 is 0 Å². The van der Waals surface area contributed by atoms with E-state index in [0.29, 0.717) is 11.2 Å². The summed E-state index contributed by atoms with van der Waals surface area (Å²) in [5.41, 5.74) is 1.30. The van der Waals surface area contributed by atoms with Crippen molar-refractivity contribution in [1.29, 1.82) is 0 Å². The minimum atomic E-state index is 0.278. The van der Waals surface area contributed by atoms with Crippen molar-refractivity contribution in [2.24, 2.45) is 5.92 Å². The summed E-state index contributed by atoms with van der Waals surface area (Å²) in [6.07, 6.45) is 0. The number of aromatic nitrogens is 3. The fourth-order valence-electron chi connectivity index (χ4n) is 2.27. The van der Waals surface area contributed by atoms with Crippen LogP contribution < -0.4 is 5.32 Å². The summed E-state index contributed by atoms with van der Waals surface area (Å²) in [7, 11) is 2.01. The van der Waals surface area contributed by atoms with Gasteiger partial charge in [0, 0.05) is 11.3 Å². The number of rotatable bonds is 6. The molecule has 0 saturated heterocycles. The van der Waals surface area contributed by atoms with E-state index in [1.807, 2.05) is 20.0 Å². The molecule has 0 amide bonds. The Hall–Kier alpha value is -1.33. The smallest absolute Gasteiger partial charge is 0.208 e. The molecule has 1 aromatic carbocycles. The van der Waals surface area contributed by atoms with Crippen LogP contribution in [0.25, 0.3) is 0 Å². The van der Waals surface area contributed by atoms with E-state index in [1.165, 1.54) is 5.56 Å². The van der Waals surface area contributed by atoms with Crippen LogP contribution in [-0.2, 0) is 0 Å². The summed E-state index contributed by atoms with van der Waals surface area (Å²) in [5.74, 6) is 1.37. The number of hydrogen-bond acceptors (Lipinski definition) is 4. The van der Waals surface area contributed by atoms with Crippen LogP contribution in [0.5, 0.6) is 0 Å². The lowest BCUT2D eigenvalue weighted by Crippen LogP contribution is -2.31. The molecule has 1 aromatic heterocycles. The topological polar surface area (TPSA) is 53.6 Å². The highest BCUT2D eigenvalue weighted by molar-refractivity contribution is 7.99. The number of hydrogen-bond donors (Lipinski definition) is 2. The van der Waals surface area contributed by atoms with E-state index in [2.05, 4.69) is 58.6 Å². The zero-order valence-electron chi connectivity index (χ0n) is 12.4. The SMILES string of the molecule is CNC(c1ccccc1)C(Sc1n[nH]c(C)n1)C(C)C. The lowest BCUT2D eigenvalue weighted by Gasteiger charge is -2.29. The van der Waals surface area contributed by atoms with Gasteiger partial charge in [-0.15, -0.1) is 5.10 Å². The van der Waals surface area contributed by atoms with Crippen LogP contribution in [0, 0.1) is 12.8 Å². The summed E-state index contributed by atoms with van der Waals surface area (Å²) < 4.78 is 0. The van der Waals surface area contributed by atoms with Crippen LogP contribution in [-0.4, -0.2) is 27.5 Å². The highest BCUT2D eigenvalue weighted by Gasteiger charge is 2.27. The average Bonchev–Trinajstić information content (AvgIpc) is 2.85. The number of aromatic amines is 1. The molecule has 1 heterocycles. The van der Waals surface area contributed by atoms with Crippen molar-refractivity contribution in [3.8, 4) is 0 Å². The number of thioether (sulfide) groups is 1. The van der Waals surface area contributed by atoms with Crippen molar-refractivity contribution >= 4 is 11.8 Å². The van der Waals surface area contributed by atoms with E-state index in [9.17, 15) is 0 Å². The predicted octanol–water partition coefficient (Wildman–Crippen LogP) is 3.19. The van der Waals surface area contributed by atoms with Crippen molar-refractivity contribution in [1.82, 2.24) is 20.5 Å². The van der Waals surface area contributed by atoms with Crippen LogP contribution in [0.15, 0.2) is 35.5 Å². The van der Waals surface area contributed by atoms with Gasteiger partial charge in [0.05, 0.1) is 0 Å². The van der Waals surface area contributed by atoms with Gasteiger partial charge in [-0.05, 0) is 25.5 Å². The minimum absolute atomic E-state index is 0.278. The van der Waals surface area contributed by atoms with Gasteiger partial charge in [0.1, 0.15) is 5.82 Å². The van der Waals surface area contributed by atoms with Crippen LogP contribution in [0.2, 0.25) is 0 Å². The molecule has 5 heteroatoms. The number of aryl methyl sites for hydroxylation is 1. The molecule has 4 nitrogen and oxygen atoms in total. The number of nitrogens with one attached hydrogen (secondary N) is 2. The highest BCUT2D eigenvalue weighted by atomic mass is 32.2. The molecule has 20 heavy (non-hydrogen) atoms. The average molecular weight is 290 g/mol. The van der Waals surface area contributed by atoms with Crippen LogP contribution in [0.1, 0.15) is 31.3 Å². The third-order valence-electron chi connectivity index (χ3n) is 3.27. The summed E-state index contributed by atoms with van der Waals surface area (Å²) >= 11 is 1.73. The third-order valence-corrected chi connectivity index (χ3v) is 4.76. The normalized spacial score (nSPS) is 14.4. The highest BCUT2D eigenvalue weighted by Crippen LogP contribution is 2.35. The van der Waals surface area contributed by atoms with E-state index in [0.717, 1.165) is 11.0 Å². The summed E-state index contributed by atoms with van der Waals surface area (Å²) in [6, 6.07) is 10.8. The van der Waals surface area contributed by atoms with Crippen LogP contribution in [0.4, 0.5) is 0 Å². The summed E-state index contributed by atoms with van der Waals surface area (Å²) in [4.78, 5) is 4.41. The second kappa shape index (κ2) is 6.90. The number of H-pyrrole nitrogens is 1. The molecule has 0 fully saturated rings. The summed E-state index contributed by atoms with van der Waals surface area (Å²) in [6.45, 7) is 6.41. The Bertz CT molecular complexity index is 524. The van der Waals surface area contributed by atoms with Crippen LogP contribution >= 0.6 is 11.8 Å². The quantitative estimate of drug-likeness (QED) is 0.802. The molecular weight excluding hydrogens is 268 g/mol. The lowest BCUT2D eigenvalue weighted by atomic mass is 9.96. The van der Waals surface area contributed by atoms with Gasteiger partial charge >= 0.3 is 0 Å². The van der Waals surface area contributed by atoms with E-state index in [1.54, 1.807) is 11.8 Å². The zero-order valence-corrected chi connectivity index (χ0v) is 13.2. The molecule has 0 radical (unpaired) electrons. The molecular formula is C15H22N4S. The monoisotopic (exact) mass is 290 g/mol. The first-order valence-corrected chi connectivity index (χ1v) is 7.77. The Morgan fingerprint density at radius 1 is 1.20 bits per heavy atom. The molecule has 0 aliphatic carbocycles. The Morgan fingerprint density at radius 2 is 1.90 bits per heavy atom. The number of nitrogens with zero attached hydrogens (tertiary/aromatic N) is 2. The molecule has 0 aliphatic heterocycles. The second-order valence-electron chi connectivity index (χ2n) is 5.21.